The third-order valence-corrected chi connectivity index (χ3v) is 6.25. The minimum absolute atomic E-state index is 0.0527. The monoisotopic (exact) mass is 371 g/mol. The first-order valence-corrected chi connectivity index (χ1v) is 10.1. The highest BCUT2D eigenvalue weighted by Gasteiger charge is 2.35. The number of rotatable bonds is 2. The van der Waals surface area contributed by atoms with Gasteiger partial charge in [-0.05, 0) is 37.4 Å². The number of hydrogen-bond acceptors (Lipinski definition) is 4. The molecule has 0 aliphatic carbocycles. The van der Waals surface area contributed by atoms with Gasteiger partial charge < -0.3 is 14.5 Å². The zero-order valence-corrected chi connectivity index (χ0v) is 16.1. The van der Waals surface area contributed by atoms with E-state index in [9.17, 15) is 9.59 Å². The largest absolute Gasteiger partial charge is 0.378 e. The minimum atomic E-state index is -0.0913. The van der Waals surface area contributed by atoms with Crippen LogP contribution >= 0.6 is 0 Å². The number of piperidine rings is 1. The number of nitrogens with zero attached hydrogens (tertiary/aromatic N) is 3. The molecule has 1 atom stereocenters. The van der Waals surface area contributed by atoms with Crippen LogP contribution < -0.4 is 0 Å². The lowest BCUT2D eigenvalue weighted by atomic mass is 9.91. The van der Waals surface area contributed by atoms with Crippen molar-refractivity contribution in [3.8, 4) is 0 Å². The summed E-state index contributed by atoms with van der Waals surface area (Å²) in [5.41, 5.74) is 2.60. The second-order valence-corrected chi connectivity index (χ2v) is 7.94. The number of fused-ring (bicyclic) bond motifs is 1. The summed E-state index contributed by atoms with van der Waals surface area (Å²) in [7, 11) is 2.03. The third-order valence-electron chi connectivity index (χ3n) is 6.25. The predicted octanol–water partition coefficient (Wildman–Crippen LogP) is 1.14. The van der Waals surface area contributed by atoms with Gasteiger partial charge in [-0.3, -0.25) is 14.5 Å². The van der Waals surface area contributed by atoms with Crippen LogP contribution in [0.1, 0.15) is 24.0 Å². The van der Waals surface area contributed by atoms with Crippen LogP contribution in [0.2, 0.25) is 0 Å². The number of likely N-dealkylation sites (tertiary alicyclic amines) is 1. The Hall–Kier alpha value is -1.92. The number of carbonyl (C=O) groups excluding carboxylic acids is 2. The molecule has 0 radical (unpaired) electrons. The summed E-state index contributed by atoms with van der Waals surface area (Å²) in [4.78, 5) is 31.9. The van der Waals surface area contributed by atoms with Gasteiger partial charge in [-0.2, -0.15) is 0 Å². The first-order valence-electron chi connectivity index (χ1n) is 10.1. The van der Waals surface area contributed by atoms with Crippen LogP contribution in [0.3, 0.4) is 0 Å². The summed E-state index contributed by atoms with van der Waals surface area (Å²) in [6.45, 7) is 4.86. The van der Waals surface area contributed by atoms with E-state index in [1.165, 1.54) is 11.1 Å². The van der Waals surface area contributed by atoms with Gasteiger partial charge in [0.2, 0.25) is 11.8 Å². The number of likely N-dealkylation sites (N-methyl/N-ethyl adjacent to an activating group) is 1. The van der Waals surface area contributed by atoms with Crippen LogP contribution in [0.25, 0.3) is 0 Å². The quantitative estimate of drug-likeness (QED) is 0.782. The van der Waals surface area contributed by atoms with Gasteiger partial charge in [0.25, 0.3) is 0 Å². The summed E-state index contributed by atoms with van der Waals surface area (Å²) in [6, 6.07) is 8.30. The average Bonchev–Trinajstić information content (AvgIpc) is 2.73. The molecule has 6 nitrogen and oxygen atoms in total. The highest BCUT2D eigenvalue weighted by molar-refractivity contribution is 5.83. The van der Waals surface area contributed by atoms with Crippen molar-refractivity contribution in [1.29, 1.82) is 0 Å². The number of hydrogen-bond donors (Lipinski definition) is 0. The van der Waals surface area contributed by atoms with Gasteiger partial charge in [-0.15, -0.1) is 0 Å². The lowest BCUT2D eigenvalue weighted by Gasteiger charge is -2.39. The molecule has 2 amide bonds. The minimum Gasteiger partial charge on any atom is -0.378 e. The van der Waals surface area contributed by atoms with Crippen LogP contribution in [0.15, 0.2) is 24.3 Å². The predicted molar refractivity (Wildman–Crippen MR) is 102 cm³/mol. The Morgan fingerprint density at radius 3 is 2.26 bits per heavy atom. The summed E-state index contributed by atoms with van der Waals surface area (Å²) < 4.78 is 5.34. The summed E-state index contributed by atoms with van der Waals surface area (Å²) in [6.07, 6.45) is 2.32. The Kier molecular flexibility index (Phi) is 5.45. The van der Waals surface area contributed by atoms with Crippen LogP contribution in [-0.2, 0) is 27.3 Å². The van der Waals surface area contributed by atoms with E-state index in [1.807, 2.05) is 16.8 Å². The smallest absolute Gasteiger partial charge is 0.240 e. The molecule has 27 heavy (non-hydrogen) atoms. The van der Waals surface area contributed by atoms with Crippen LogP contribution in [0, 0.1) is 5.92 Å². The van der Waals surface area contributed by atoms with Gasteiger partial charge in [-0.1, -0.05) is 24.3 Å². The Morgan fingerprint density at radius 2 is 1.56 bits per heavy atom. The SMILES string of the molecule is CN1Cc2ccccc2C[C@H]1C(=O)N1CCC(C(=O)N2CCOCC2)CC1. The summed E-state index contributed by atoms with van der Waals surface area (Å²) in [5.74, 6) is 0.510. The number of morpholine rings is 1. The number of ether oxygens (including phenoxy) is 1. The molecule has 6 heteroatoms. The fraction of sp³-hybridized carbons (Fsp3) is 0.619. The van der Waals surface area contributed by atoms with Crippen molar-refractivity contribution in [1.82, 2.24) is 14.7 Å². The highest BCUT2D eigenvalue weighted by Crippen LogP contribution is 2.26. The molecule has 1 aromatic rings. The maximum absolute atomic E-state index is 13.1. The van der Waals surface area contributed by atoms with Crippen molar-refractivity contribution >= 4 is 11.8 Å². The fourth-order valence-corrected chi connectivity index (χ4v) is 4.53. The van der Waals surface area contributed by atoms with Crippen molar-refractivity contribution in [2.24, 2.45) is 5.92 Å². The lowest BCUT2D eigenvalue weighted by Crippen LogP contribution is -2.53. The standard InChI is InChI=1S/C21H29N3O3/c1-22-15-18-5-3-2-4-17(18)14-19(22)21(26)23-8-6-16(7-9-23)20(25)24-10-12-27-13-11-24/h2-5,16,19H,6-15H2,1H3/t19-/m0/s1. The summed E-state index contributed by atoms with van der Waals surface area (Å²) in [5, 5.41) is 0. The Labute approximate surface area is 161 Å². The molecule has 3 aliphatic heterocycles. The lowest BCUT2D eigenvalue weighted by molar-refractivity contribution is -0.145. The topological polar surface area (TPSA) is 53.1 Å². The second kappa shape index (κ2) is 7.98. The third kappa shape index (κ3) is 3.87. The highest BCUT2D eigenvalue weighted by atomic mass is 16.5. The number of carbonyl (C=O) groups is 2. The van der Waals surface area contributed by atoms with Gasteiger partial charge in [0, 0.05) is 38.6 Å². The van der Waals surface area contributed by atoms with E-state index < -0.39 is 0 Å². The molecule has 4 rings (SSSR count). The Bertz CT molecular complexity index is 694. The molecule has 1 aromatic carbocycles. The van der Waals surface area contributed by atoms with Gasteiger partial charge in [0.15, 0.2) is 0 Å². The Morgan fingerprint density at radius 1 is 0.926 bits per heavy atom. The zero-order valence-electron chi connectivity index (χ0n) is 16.1. The first kappa shape index (κ1) is 18.4. The van der Waals surface area contributed by atoms with Gasteiger partial charge >= 0.3 is 0 Å². The fourth-order valence-electron chi connectivity index (χ4n) is 4.53. The van der Waals surface area contributed by atoms with E-state index in [1.54, 1.807) is 0 Å². The first-order chi connectivity index (χ1) is 13.1. The van der Waals surface area contributed by atoms with Crippen LogP contribution in [0.5, 0.6) is 0 Å². The van der Waals surface area contributed by atoms with E-state index in [0.29, 0.717) is 39.4 Å². The van der Waals surface area contributed by atoms with Crippen LogP contribution in [0.4, 0.5) is 0 Å². The van der Waals surface area contributed by atoms with E-state index in [4.69, 9.17) is 4.74 Å². The maximum atomic E-state index is 13.1. The number of amides is 2. The number of benzene rings is 1. The van der Waals surface area contributed by atoms with Crippen molar-refractivity contribution in [3.63, 3.8) is 0 Å². The molecule has 0 aromatic heterocycles. The molecule has 146 valence electrons. The molecule has 0 unspecified atom stereocenters. The maximum Gasteiger partial charge on any atom is 0.240 e. The molecular formula is C21H29N3O3. The van der Waals surface area contributed by atoms with E-state index in [0.717, 1.165) is 25.8 Å². The zero-order chi connectivity index (χ0) is 18.8. The molecule has 0 bridgehead atoms. The molecule has 3 heterocycles. The van der Waals surface area contributed by atoms with Crippen molar-refractivity contribution < 1.29 is 14.3 Å². The van der Waals surface area contributed by atoms with Gasteiger partial charge in [0.05, 0.1) is 19.3 Å². The normalized spacial score (nSPS) is 24.6. The van der Waals surface area contributed by atoms with Crippen molar-refractivity contribution in [2.75, 3.05) is 46.4 Å². The van der Waals surface area contributed by atoms with Gasteiger partial charge in [0.1, 0.15) is 0 Å². The molecule has 2 saturated heterocycles. The molecule has 0 N–H and O–H groups in total. The summed E-state index contributed by atoms with van der Waals surface area (Å²) >= 11 is 0. The Balaban J connectivity index is 1.34. The van der Waals surface area contributed by atoms with Crippen molar-refractivity contribution in [2.45, 2.75) is 31.8 Å². The second-order valence-electron chi connectivity index (χ2n) is 7.94. The van der Waals surface area contributed by atoms with Crippen LogP contribution in [-0.4, -0.2) is 79.0 Å². The molecule has 0 saturated carbocycles. The van der Waals surface area contributed by atoms with Crippen molar-refractivity contribution in [3.05, 3.63) is 35.4 Å². The molecular weight excluding hydrogens is 342 g/mol. The molecule has 0 spiro atoms. The van der Waals surface area contributed by atoms with E-state index >= 15 is 0 Å². The molecule has 2 fully saturated rings. The van der Waals surface area contributed by atoms with E-state index in [2.05, 4.69) is 29.2 Å². The van der Waals surface area contributed by atoms with Gasteiger partial charge in [-0.25, -0.2) is 0 Å². The van der Waals surface area contributed by atoms with E-state index in [-0.39, 0.29) is 23.8 Å². The average molecular weight is 371 g/mol. The molecule has 3 aliphatic rings.